The summed E-state index contributed by atoms with van der Waals surface area (Å²) in [7, 11) is 0. The molecule has 1 aliphatic heterocycles. The van der Waals surface area contributed by atoms with Crippen LogP contribution in [0.4, 0.5) is 22.0 Å². The van der Waals surface area contributed by atoms with E-state index in [9.17, 15) is 26.7 Å². The number of benzene rings is 1. The third kappa shape index (κ3) is 4.89. The van der Waals surface area contributed by atoms with Crippen LogP contribution in [0.1, 0.15) is 30.4 Å². The first-order chi connectivity index (χ1) is 10.6. The van der Waals surface area contributed by atoms with Gasteiger partial charge in [-0.3, -0.25) is 4.79 Å². The predicted octanol–water partition coefficient (Wildman–Crippen LogP) is 4.66. The Bertz CT molecular complexity index is 588. The number of aryl methyl sites for hydroxylation is 1. The predicted molar refractivity (Wildman–Crippen MR) is 78.2 cm³/mol. The van der Waals surface area contributed by atoms with Crippen molar-refractivity contribution >= 4 is 21.8 Å². The highest BCUT2D eigenvalue weighted by molar-refractivity contribution is 9.10. The van der Waals surface area contributed by atoms with Gasteiger partial charge < -0.3 is 4.90 Å². The number of nitrogens with zero attached hydrogens (tertiary/aromatic N) is 1. The molecule has 2 nitrogen and oxygen atoms in total. The van der Waals surface area contributed by atoms with Gasteiger partial charge in [-0.2, -0.15) is 13.2 Å². The Hall–Kier alpha value is -1.18. The summed E-state index contributed by atoms with van der Waals surface area (Å²) < 4.78 is 64.6. The zero-order valence-electron chi connectivity index (χ0n) is 12.1. The molecule has 0 N–H and O–H groups in total. The number of hydrogen-bond acceptors (Lipinski definition) is 1. The topological polar surface area (TPSA) is 20.3 Å². The van der Waals surface area contributed by atoms with Gasteiger partial charge in [-0.05, 0) is 30.5 Å². The Morgan fingerprint density at radius 3 is 2.57 bits per heavy atom. The van der Waals surface area contributed by atoms with Gasteiger partial charge in [0.15, 0.2) is 0 Å². The number of hydrogen-bond donors (Lipinski definition) is 0. The first kappa shape index (κ1) is 18.2. The Kier molecular flexibility index (Phi) is 5.33. The van der Waals surface area contributed by atoms with Crippen molar-refractivity contribution in [1.82, 2.24) is 4.90 Å². The summed E-state index contributed by atoms with van der Waals surface area (Å²) in [4.78, 5) is 13.1. The van der Waals surface area contributed by atoms with E-state index in [0.29, 0.717) is 12.1 Å². The number of likely N-dealkylation sites (tertiary alicyclic amines) is 1. The van der Waals surface area contributed by atoms with Crippen LogP contribution in [0, 0.1) is 0 Å². The molecule has 8 heteroatoms. The molecule has 0 bridgehead atoms. The van der Waals surface area contributed by atoms with Crippen LogP contribution in [0.25, 0.3) is 0 Å². The fourth-order valence-electron chi connectivity index (χ4n) is 2.50. The summed E-state index contributed by atoms with van der Waals surface area (Å²) in [5.41, 5.74) is -0.245. The van der Waals surface area contributed by atoms with E-state index in [1.807, 2.05) is 0 Å². The van der Waals surface area contributed by atoms with Crippen LogP contribution in [0.5, 0.6) is 0 Å². The van der Waals surface area contributed by atoms with Crippen molar-refractivity contribution in [2.24, 2.45) is 0 Å². The molecule has 1 amide bonds. The lowest BCUT2D eigenvalue weighted by Gasteiger charge is -2.32. The molecule has 0 spiro atoms. The van der Waals surface area contributed by atoms with Crippen LogP contribution < -0.4 is 0 Å². The minimum absolute atomic E-state index is 0.0138. The Labute approximate surface area is 138 Å². The monoisotopic (exact) mass is 399 g/mol. The summed E-state index contributed by atoms with van der Waals surface area (Å²) >= 11 is 3.06. The molecule has 1 fully saturated rings. The number of alkyl halides is 5. The van der Waals surface area contributed by atoms with Crippen LogP contribution in [0.3, 0.4) is 0 Å². The summed E-state index contributed by atoms with van der Waals surface area (Å²) in [6.45, 7) is -0.289. The van der Waals surface area contributed by atoms with Crippen LogP contribution in [0.15, 0.2) is 22.7 Å². The quantitative estimate of drug-likeness (QED) is 0.677. The number of carbonyl (C=O) groups excluding carboxylic acids is 1. The SMILES string of the molecule is O=C(CCc1ccc(C(F)(F)F)cc1Br)N1CCCC(F)(F)C1. The van der Waals surface area contributed by atoms with E-state index in [1.54, 1.807) is 0 Å². The van der Waals surface area contributed by atoms with Gasteiger partial charge >= 0.3 is 6.18 Å². The van der Waals surface area contributed by atoms with Crippen molar-refractivity contribution in [3.8, 4) is 0 Å². The van der Waals surface area contributed by atoms with Gasteiger partial charge in [-0.15, -0.1) is 0 Å². The number of piperidine rings is 1. The van der Waals surface area contributed by atoms with Gasteiger partial charge in [-0.1, -0.05) is 22.0 Å². The van der Waals surface area contributed by atoms with Gasteiger partial charge in [0.05, 0.1) is 12.1 Å². The van der Waals surface area contributed by atoms with Gasteiger partial charge in [0.1, 0.15) is 0 Å². The van der Waals surface area contributed by atoms with Crippen molar-refractivity contribution in [1.29, 1.82) is 0 Å². The summed E-state index contributed by atoms with van der Waals surface area (Å²) in [6.07, 6.45) is -4.22. The number of halogens is 6. The highest BCUT2D eigenvalue weighted by atomic mass is 79.9. The molecule has 1 aliphatic rings. The van der Waals surface area contributed by atoms with Crippen molar-refractivity contribution in [2.45, 2.75) is 37.8 Å². The number of rotatable bonds is 3. The maximum Gasteiger partial charge on any atom is 0.416 e. The lowest BCUT2D eigenvalue weighted by molar-refractivity contribution is -0.141. The third-order valence-corrected chi connectivity index (χ3v) is 4.47. The lowest BCUT2D eigenvalue weighted by atomic mass is 10.0. The molecule has 1 aromatic carbocycles. The molecular formula is C15H15BrF5NO. The number of carbonyl (C=O) groups is 1. The normalized spacial score (nSPS) is 18.1. The molecular weight excluding hydrogens is 385 g/mol. The number of amides is 1. The van der Waals surface area contributed by atoms with E-state index in [0.717, 1.165) is 17.0 Å². The first-order valence-corrected chi connectivity index (χ1v) is 7.89. The molecule has 0 saturated carbocycles. The van der Waals surface area contributed by atoms with Gasteiger partial charge in [0.25, 0.3) is 5.92 Å². The second-order valence-electron chi connectivity index (χ2n) is 5.58. The highest BCUT2D eigenvalue weighted by Crippen LogP contribution is 2.33. The van der Waals surface area contributed by atoms with Crippen molar-refractivity contribution in [2.75, 3.05) is 13.1 Å². The molecule has 0 radical (unpaired) electrons. The summed E-state index contributed by atoms with van der Waals surface area (Å²) in [5, 5.41) is 0. The van der Waals surface area contributed by atoms with Crippen LogP contribution >= 0.6 is 15.9 Å². The molecule has 0 atom stereocenters. The van der Waals surface area contributed by atoms with Crippen LogP contribution in [-0.2, 0) is 17.4 Å². The van der Waals surface area contributed by atoms with Crippen molar-refractivity contribution < 1.29 is 26.7 Å². The van der Waals surface area contributed by atoms with Crippen LogP contribution in [0.2, 0.25) is 0 Å². The molecule has 0 aromatic heterocycles. The Balaban J connectivity index is 1.97. The second-order valence-corrected chi connectivity index (χ2v) is 6.43. The largest absolute Gasteiger partial charge is 0.416 e. The molecule has 0 aliphatic carbocycles. The maximum absolute atomic E-state index is 13.3. The molecule has 0 unspecified atom stereocenters. The summed E-state index contributed by atoms with van der Waals surface area (Å²) in [6, 6.07) is 3.19. The summed E-state index contributed by atoms with van der Waals surface area (Å²) in [5.74, 6) is -3.26. The molecule has 1 heterocycles. The molecule has 2 rings (SSSR count). The maximum atomic E-state index is 13.3. The van der Waals surface area contributed by atoms with Gasteiger partial charge in [0, 0.05) is 23.9 Å². The van der Waals surface area contributed by atoms with E-state index in [-0.39, 0.29) is 30.2 Å². The van der Waals surface area contributed by atoms with Gasteiger partial charge in [0.2, 0.25) is 5.91 Å². The third-order valence-electron chi connectivity index (χ3n) is 3.73. The fraction of sp³-hybridized carbons (Fsp3) is 0.533. The average molecular weight is 400 g/mol. The second kappa shape index (κ2) is 6.75. The zero-order chi connectivity index (χ0) is 17.3. The van der Waals surface area contributed by atoms with E-state index in [2.05, 4.69) is 15.9 Å². The van der Waals surface area contributed by atoms with E-state index in [1.165, 1.54) is 6.07 Å². The minimum Gasteiger partial charge on any atom is -0.337 e. The van der Waals surface area contributed by atoms with Crippen molar-refractivity contribution in [3.63, 3.8) is 0 Å². The molecule has 1 saturated heterocycles. The minimum atomic E-state index is -4.43. The average Bonchev–Trinajstić information content (AvgIpc) is 2.43. The lowest BCUT2D eigenvalue weighted by Crippen LogP contribution is -2.45. The van der Waals surface area contributed by atoms with E-state index < -0.39 is 30.1 Å². The Morgan fingerprint density at radius 2 is 2.00 bits per heavy atom. The molecule has 1 aromatic rings. The standard InChI is InChI=1S/C15H15BrF5NO/c16-12-8-11(15(19,20)21)4-2-10(12)3-5-13(23)22-7-1-6-14(17,18)9-22/h2,4,8H,1,3,5-7,9H2. The smallest absolute Gasteiger partial charge is 0.337 e. The molecule has 23 heavy (non-hydrogen) atoms. The fourth-order valence-corrected chi connectivity index (χ4v) is 3.08. The zero-order valence-corrected chi connectivity index (χ0v) is 13.7. The first-order valence-electron chi connectivity index (χ1n) is 7.10. The van der Waals surface area contributed by atoms with E-state index in [4.69, 9.17) is 0 Å². The molecule has 128 valence electrons. The van der Waals surface area contributed by atoms with Gasteiger partial charge in [-0.25, -0.2) is 8.78 Å². The van der Waals surface area contributed by atoms with Crippen molar-refractivity contribution in [3.05, 3.63) is 33.8 Å². The highest BCUT2D eigenvalue weighted by Gasteiger charge is 2.36. The van der Waals surface area contributed by atoms with Crippen LogP contribution in [-0.4, -0.2) is 29.8 Å². The van der Waals surface area contributed by atoms with E-state index >= 15 is 0 Å². The Morgan fingerprint density at radius 1 is 1.30 bits per heavy atom.